The summed E-state index contributed by atoms with van der Waals surface area (Å²) < 4.78 is 21.4. The monoisotopic (exact) mass is 555 g/mol. The van der Waals surface area contributed by atoms with Gasteiger partial charge in [-0.05, 0) is 19.9 Å². The molecule has 216 valence electrons. The highest BCUT2D eigenvalue weighted by atomic mass is 16.6. The molecule has 13 nitrogen and oxygen atoms in total. The van der Waals surface area contributed by atoms with Gasteiger partial charge in [0.1, 0.15) is 17.3 Å². The second kappa shape index (κ2) is 12.0. The predicted octanol–water partition coefficient (Wildman–Crippen LogP) is 2.68. The molecule has 5 rings (SSSR count). The number of aromatic amines is 1. The zero-order valence-corrected chi connectivity index (χ0v) is 23.6. The van der Waals surface area contributed by atoms with Gasteiger partial charge in [-0.2, -0.15) is 0 Å². The van der Waals surface area contributed by atoms with Crippen LogP contribution in [0.5, 0.6) is 11.5 Å². The van der Waals surface area contributed by atoms with Gasteiger partial charge >= 0.3 is 12.2 Å². The van der Waals surface area contributed by atoms with E-state index >= 15 is 0 Å². The minimum absolute atomic E-state index is 0.270. The van der Waals surface area contributed by atoms with Crippen LogP contribution in [0.4, 0.5) is 15.4 Å². The molecule has 0 bridgehead atoms. The maximum atomic E-state index is 12.3. The van der Waals surface area contributed by atoms with Crippen LogP contribution < -0.4 is 14.4 Å². The van der Waals surface area contributed by atoms with E-state index in [1.165, 1.54) is 0 Å². The number of rotatable bonds is 7. The van der Waals surface area contributed by atoms with Crippen LogP contribution in [0, 0.1) is 0 Å². The van der Waals surface area contributed by atoms with Crippen molar-refractivity contribution in [3.63, 3.8) is 0 Å². The summed E-state index contributed by atoms with van der Waals surface area (Å²) in [5.74, 6) is 2.74. The smallest absolute Gasteiger partial charge is 0.409 e. The Bertz CT molecular complexity index is 1360. The molecule has 2 aliphatic rings. The molecule has 1 N–H and O–H groups in total. The SMILES string of the molecule is CCOC(=O)N1CCN(Cc2nc(N3CCN(C(=O)OCC)CC3)c3c(n2)[nH]c2cc(OC)c(OC)cc23)CC1. The van der Waals surface area contributed by atoms with Crippen LogP contribution in [0.1, 0.15) is 19.7 Å². The third kappa shape index (κ3) is 5.51. The van der Waals surface area contributed by atoms with Crippen molar-refractivity contribution in [3.05, 3.63) is 18.0 Å². The molecule has 0 radical (unpaired) electrons. The number of fused-ring (bicyclic) bond motifs is 3. The van der Waals surface area contributed by atoms with Crippen molar-refractivity contribution in [2.24, 2.45) is 0 Å². The number of aromatic nitrogens is 3. The molecule has 2 aliphatic heterocycles. The summed E-state index contributed by atoms with van der Waals surface area (Å²) in [6.07, 6.45) is -0.561. The lowest BCUT2D eigenvalue weighted by atomic mass is 10.1. The summed E-state index contributed by atoms with van der Waals surface area (Å²) in [5.41, 5.74) is 1.59. The molecule has 4 heterocycles. The average molecular weight is 556 g/mol. The Hall–Kier alpha value is -4.00. The van der Waals surface area contributed by atoms with E-state index in [1.54, 1.807) is 24.0 Å². The Balaban J connectivity index is 1.46. The molecule has 0 unspecified atom stereocenters. The molecule has 2 saturated heterocycles. The van der Waals surface area contributed by atoms with Crippen molar-refractivity contribution < 1.29 is 28.5 Å². The largest absolute Gasteiger partial charge is 0.493 e. The number of H-pyrrole nitrogens is 1. The van der Waals surface area contributed by atoms with Crippen molar-refractivity contribution in [1.82, 2.24) is 29.7 Å². The molecular formula is C27H37N7O6. The number of hydrogen-bond donors (Lipinski definition) is 1. The van der Waals surface area contributed by atoms with Crippen molar-refractivity contribution in [3.8, 4) is 11.5 Å². The summed E-state index contributed by atoms with van der Waals surface area (Å²) >= 11 is 0. The molecule has 3 aromatic rings. The standard InChI is InChI=1S/C27H37N7O6/c1-5-39-26(35)33-9-7-31(8-10-33)17-22-29-24-23(18-15-20(37-3)21(38-4)16-19(18)28-24)25(30-22)32-11-13-34(14-12-32)27(36)40-6-2/h15-16H,5-14,17H2,1-4H3,(H,28,29,30). The molecule has 1 aromatic carbocycles. The van der Waals surface area contributed by atoms with Crippen LogP contribution >= 0.6 is 0 Å². The lowest BCUT2D eigenvalue weighted by Crippen LogP contribution is -2.49. The van der Waals surface area contributed by atoms with Crippen LogP contribution in [0.15, 0.2) is 12.1 Å². The molecular weight excluding hydrogens is 518 g/mol. The van der Waals surface area contributed by atoms with Gasteiger partial charge in [0.2, 0.25) is 0 Å². The zero-order valence-electron chi connectivity index (χ0n) is 23.6. The Morgan fingerprint density at radius 2 is 1.40 bits per heavy atom. The summed E-state index contributed by atoms with van der Waals surface area (Å²) in [5, 5.41) is 1.83. The van der Waals surface area contributed by atoms with Gasteiger partial charge in [-0.3, -0.25) is 4.90 Å². The normalized spacial score (nSPS) is 16.4. The topological polar surface area (TPSA) is 126 Å². The zero-order chi connectivity index (χ0) is 28.2. The van der Waals surface area contributed by atoms with Crippen LogP contribution in [0.25, 0.3) is 21.9 Å². The number of carbonyl (C=O) groups is 2. The summed E-state index contributed by atoms with van der Waals surface area (Å²) in [7, 11) is 3.23. The first-order chi connectivity index (χ1) is 19.4. The highest BCUT2D eigenvalue weighted by Crippen LogP contribution is 2.38. The minimum Gasteiger partial charge on any atom is -0.493 e. The molecule has 0 saturated carbocycles. The van der Waals surface area contributed by atoms with Crippen molar-refractivity contribution >= 4 is 39.9 Å². The van der Waals surface area contributed by atoms with Gasteiger partial charge in [0.05, 0.1) is 44.9 Å². The fourth-order valence-electron chi connectivity index (χ4n) is 5.27. The number of nitrogens with one attached hydrogen (secondary N) is 1. The molecule has 0 spiro atoms. The number of hydrogen-bond acceptors (Lipinski definition) is 10. The minimum atomic E-state index is -0.290. The number of benzene rings is 1. The van der Waals surface area contributed by atoms with Gasteiger partial charge in [-0.25, -0.2) is 19.6 Å². The number of carbonyl (C=O) groups excluding carboxylic acids is 2. The molecule has 0 atom stereocenters. The van der Waals surface area contributed by atoms with Crippen molar-refractivity contribution in [1.29, 1.82) is 0 Å². The first-order valence-corrected chi connectivity index (χ1v) is 13.7. The molecule has 0 aliphatic carbocycles. The van der Waals surface area contributed by atoms with Gasteiger partial charge < -0.3 is 38.6 Å². The van der Waals surface area contributed by atoms with Crippen molar-refractivity contribution in [2.45, 2.75) is 20.4 Å². The van der Waals surface area contributed by atoms with Gasteiger partial charge in [-0.1, -0.05) is 0 Å². The highest BCUT2D eigenvalue weighted by Gasteiger charge is 2.28. The summed E-state index contributed by atoms with van der Waals surface area (Å²) in [6, 6.07) is 3.86. The molecule has 13 heteroatoms. The van der Waals surface area contributed by atoms with E-state index in [2.05, 4.69) is 14.8 Å². The van der Waals surface area contributed by atoms with Gasteiger partial charge in [0.15, 0.2) is 11.5 Å². The van der Waals surface area contributed by atoms with E-state index in [4.69, 9.17) is 28.9 Å². The summed E-state index contributed by atoms with van der Waals surface area (Å²) in [6.45, 7) is 9.78. The second-order valence-corrected chi connectivity index (χ2v) is 9.70. The highest BCUT2D eigenvalue weighted by molar-refractivity contribution is 6.12. The van der Waals surface area contributed by atoms with E-state index in [0.717, 1.165) is 27.8 Å². The average Bonchev–Trinajstić information content (AvgIpc) is 3.33. The number of amides is 2. The molecule has 40 heavy (non-hydrogen) atoms. The number of piperazine rings is 2. The van der Waals surface area contributed by atoms with Crippen LogP contribution in [0.3, 0.4) is 0 Å². The van der Waals surface area contributed by atoms with Crippen LogP contribution in [-0.2, 0) is 16.0 Å². The number of methoxy groups -OCH3 is 2. The quantitative estimate of drug-likeness (QED) is 0.465. The first kappa shape index (κ1) is 27.6. The third-order valence-corrected chi connectivity index (χ3v) is 7.35. The van der Waals surface area contributed by atoms with E-state index in [9.17, 15) is 9.59 Å². The van der Waals surface area contributed by atoms with Gasteiger partial charge in [-0.15, -0.1) is 0 Å². The lowest BCUT2D eigenvalue weighted by Gasteiger charge is -2.35. The predicted molar refractivity (Wildman–Crippen MR) is 149 cm³/mol. The molecule has 2 fully saturated rings. The third-order valence-electron chi connectivity index (χ3n) is 7.35. The summed E-state index contributed by atoms with van der Waals surface area (Å²) in [4.78, 5) is 45.7. The van der Waals surface area contributed by atoms with Gasteiger partial charge in [0, 0.05) is 63.8 Å². The second-order valence-electron chi connectivity index (χ2n) is 9.70. The Morgan fingerprint density at radius 3 is 1.98 bits per heavy atom. The van der Waals surface area contributed by atoms with E-state index in [1.807, 2.05) is 26.0 Å². The van der Waals surface area contributed by atoms with E-state index in [-0.39, 0.29) is 12.2 Å². The molecule has 2 amide bonds. The van der Waals surface area contributed by atoms with E-state index < -0.39 is 0 Å². The Kier molecular flexibility index (Phi) is 8.29. The van der Waals surface area contributed by atoms with E-state index in [0.29, 0.717) is 89.4 Å². The maximum Gasteiger partial charge on any atom is 0.409 e. The van der Waals surface area contributed by atoms with Crippen molar-refractivity contribution in [2.75, 3.05) is 84.7 Å². The Morgan fingerprint density at radius 1 is 0.825 bits per heavy atom. The Labute approximate surface area is 232 Å². The number of anilines is 1. The first-order valence-electron chi connectivity index (χ1n) is 13.7. The fraction of sp³-hybridized carbons (Fsp3) is 0.556. The lowest BCUT2D eigenvalue weighted by molar-refractivity contribution is 0.0772. The fourth-order valence-corrected chi connectivity index (χ4v) is 5.27. The number of ether oxygens (including phenoxy) is 4. The van der Waals surface area contributed by atoms with Crippen LogP contribution in [-0.4, -0.2) is 122 Å². The molecule has 2 aromatic heterocycles. The van der Waals surface area contributed by atoms with Crippen LogP contribution in [0.2, 0.25) is 0 Å². The van der Waals surface area contributed by atoms with Gasteiger partial charge in [0.25, 0.3) is 0 Å². The number of nitrogens with zero attached hydrogens (tertiary/aromatic N) is 6. The maximum absolute atomic E-state index is 12.3.